The first-order valence-electron chi connectivity index (χ1n) is 9.60. The molecule has 0 aliphatic carbocycles. The van der Waals surface area contributed by atoms with Crippen molar-refractivity contribution in [1.29, 1.82) is 0 Å². The summed E-state index contributed by atoms with van der Waals surface area (Å²) in [5.41, 5.74) is 0.533. The highest BCUT2D eigenvalue weighted by molar-refractivity contribution is 6.31. The highest BCUT2D eigenvalue weighted by atomic mass is 35.5. The van der Waals surface area contributed by atoms with Crippen molar-refractivity contribution in [3.05, 3.63) is 46.9 Å². The quantitative estimate of drug-likeness (QED) is 0.797. The van der Waals surface area contributed by atoms with E-state index in [2.05, 4.69) is 20.2 Å². The molecule has 3 rings (SSSR count). The number of hydrogen-bond acceptors (Lipinski definition) is 4. The van der Waals surface area contributed by atoms with Gasteiger partial charge in [0, 0.05) is 55.4 Å². The minimum absolute atomic E-state index is 0.0481. The van der Waals surface area contributed by atoms with E-state index in [9.17, 15) is 9.18 Å². The van der Waals surface area contributed by atoms with E-state index in [0.717, 1.165) is 26.2 Å². The molecule has 8 heteroatoms. The van der Waals surface area contributed by atoms with Gasteiger partial charge in [0.1, 0.15) is 11.6 Å². The molecule has 1 aromatic heterocycles. The molecule has 1 N–H and O–H groups in total. The van der Waals surface area contributed by atoms with Crippen LogP contribution in [-0.4, -0.2) is 57.7 Å². The molecule has 1 amide bonds. The summed E-state index contributed by atoms with van der Waals surface area (Å²) in [5.74, 6) is 0.386. The van der Waals surface area contributed by atoms with Crippen LogP contribution in [0.25, 0.3) is 0 Å². The number of halogens is 2. The van der Waals surface area contributed by atoms with Crippen molar-refractivity contribution >= 4 is 23.3 Å². The predicted molar refractivity (Wildman–Crippen MR) is 109 cm³/mol. The standard InChI is InChI=1S/C20H27ClFN5O/c1-14(2)27-19(7-8-23-27)24-20(28)15(3)26-11-9-25(10-12-26)13-16-17(21)5-4-6-18(16)22/h4-8,14-15H,9-13H2,1-3H3,(H,24,28). The van der Waals surface area contributed by atoms with Gasteiger partial charge < -0.3 is 5.32 Å². The van der Waals surface area contributed by atoms with Crippen LogP contribution in [0.5, 0.6) is 0 Å². The minimum atomic E-state index is -0.274. The van der Waals surface area contributed by atoms with Gasteiger partial charge in [-0.25, -0.2) is 9.07 Å². The topological polar surface area (TPSA) is 53.4 Å². The second-order valence-corrected chi connectivity index (χ2v) is 7.84. The van der Waals surface area contributed by atoms with Crippen LogP contribution in [0, 0.1) is 5.82 Å². The average Bonchev–Trinajstić information content (AvgIpc) is 3.13. The van der Waals surface area contributed by atoms with Crippen molar-refractivity contribution in [3.8, 4) is 0 Å². The molecular formula is C20H27ClFN5O. The van der Waals surface area contributed by atoms with Gasteiger partial charge in [-0.15, -0.1) is 0 Å². The van der Waals surface area contributed by atoms with Gasteiger partial charge in [0.2, 0.25) is 5.91 Å². The Balaban J connectivity index is 1.54. The highest BCUT2D eigenvalue weighted by Gasteiger charge is 2.27. The number of anilines is 1. The van der Waals surface area contributed by atoms with E-state index in [-0.39, 0.29) is 23.8 Å². The van der Waals surface area contributed by atoms with Crippen LogP contribution in [0.2, 0.25) is 5.02 Å². The fourth-order valence-corrected chi connectivity index (χ4v) is 3.66. The van der Waals surface area contributed by atoms with Crippen molar-refractivity contribution in [3.63, 3.8) is 0 Å². The smallest absolute Gasteiger partial charge is 0.242 e. The molecule has 2 aromatic rings. The Kier molecular flexibility index (Phi) is 6.69. The van der Waals surface area contributed by atoms with E-state index in [1.807, 2.05) is 20.8 Å². The van der Waals surface area contributed by atoms with Crippen LogP contribution in [0.1, 0.15) is 32.4 Å². The lowest BCUT2D eigenvalue weighted by Crippen LogP contribution is -2.52. The largest absolute Gasteiger partial charge is 0.310 e. The van der Waals surface area contributed by atoms with Crippen LogP contribution in [0.4, 0.5) is 10.2 Å². The van der Waals surface area contributed by atoms with Gasteiger partial charge in [0.15, 0.2) is 0 Å². The Morgan fingerprint density at radius 2 is 1.93 bits per heavy atom. The highest BCUT2D eigenvalue weighted by Crippen LogP contribution is 2.22. The third-order valence-corrected chi connectivity index (χ3v) is 5.54. The molecular weight excluding hydrogens is 381 g/mol. The summed E-state index contributed by atoms with van der Waals surface area (Å²) in [6.07, 6.45) is 1.69. The van der Waals surface area contributed by atoms with Gasteiger partial charge in [0.25, 0.3) is 0 Å². The van der Waals surface area contributed by atoms with Crippen molar-refractivity contribution in [2.75, 3.05) is 31.5 Å². The lowest BCUT2D eigenvalue weighted by molar-refractivity contribution is -0.121. The number of nitrogens with zero attached hydrogens (tertiary/aromatic N) is 4. The SMILES string of the molecule is CC(C(=O)Nc1ccnn1C(C)C)N1CCN(Cc2c(F)cccc2Cl)CC1. The molecule has 1 aliphatic rings. The number of nitrogens with one attached hydrogen (secondary N) is 1. The van der Waals surface area contributed by atoms with Gasteiger partial charge in [0.05, 0.1) is 12.2 Å². The Labute approximate surface area is 170 Å². The maximum absolute atomic E-state index is 14.0. The lowest BCUT2D eigenvalue weighted by Gasteiger charge is -2.37. The number of benzene rings is 1. The van der Waals surface area contributed by atoms with Gasteiger partial charge >= 0.3 is 0 Å². The summed E-state index contributed by atoms with van der Waals surface area (Å²) in [6.45, 7) is 9.43. The molecule has 1 aromatic carbocycles. The summed E-state index contributed by atoms with van der Waals surface area (Å²) in [7, 11) is 0. The van der Waals surface area contributed by atoms with E-state index < -0.39 is 0 Å². The summed E-state index contributed by atoms with van der Waals surface area (Å²) in [4.78, 5) is 17.0. The van der Waals surface area contributed by atoms with Crippen LogP contribution in [-0.2, 0) is 11.3 Å². The Hall–Kier alpha value is -1.96. The molecule has 6 nitrogen and oxygen atoms in total. The average molecular weight is 408 g/mol. The molecule has 1 saturated heterocycles. The molecule has 2 heterocycles. The number of rotatable bonds is 6. The number of carbonyl (C=O) groups is 1. The molecule has 0 bridgehead atoms. The number of aromatic nitrogens is 2. The number of amides is 1. The predicted octanol–water partition coefficient (Wildman–Crippen LogP) is 3.40. The molecule has 28 heavy (non-hydrogen) atoms. The number of hydrogen-bond donors (Lipinski definition) is 1. The van der Waals surface area contributed by atoms with Gasteiger partial charge in [-0.3, -0.25) is 14.6 Å². The third kappa shape index (κ3) is 4.71. The van der Waals surface area contributed by atoms with Gasteiger partial charge in [-0.1, -0.05) is 17.7 Å². The van der Waals surface area contributed by atoms with Crippen LogP contribution < -0.4 is 5.32 Å². The van der Waals surface area contributed by atoms with Crippen LogP contribution in [0.3, 0.4) is 0 Å². The van der Waals surface area contributed by atoms with Crippen molar-refractivity contribution in [2.24, 2.45) is 0 Å². The van der Waals surface area contributed by atoms with E-state index >= 15 is 0 Å². The molecule has 0 radical (unpaired) electrons. The van der Waals surface area contributed by atoms with E-state index in [1.165, 1.54) is 6.07 Å². The molecule has 0 saturated carbocycles. The molecule has 1 atom stereocenters. The number of carbonyl (C=O) groups excluding carboxylic acids is 1. The van der Waals surface area contributed by atoms with Crippen molar-refractivity contribution in [2.45, 2.75) is 39.4 Å². The number of piperazine rings is 1. The van der Waals surface area contributed by atoms with E-state index in [0.29, 0.717) is 22.9 Å². The minimum Gasteiger partial charge on any atom is -0.310 e. The van der Waals surface area contributed by atoms with Crippen LogP contribution in [0.15, 0.2) is 30.5 Å². The normalized spacial score (nSPS) is 17.1. The molecule has 1 aliphatic heterocycles. The molecule has 1 unspecified atom stereocenters. The van der Waals surface area contributed by atoms with Gasteiger partial charge in [-0.2, -0.15) is 5.10 Å². The summed E-state index contributed by atoms with van der Waals surface area (Å²) >= 11 is 6.13. The third-order valence-electron chi connectivity index (χ3n) is 5.19. The van der Waals surface area contributed by atoms with Crippen molar-refractivity contribution in [1.82, 2.24) is 19.6 Å². The molecule has 152 valence electrons. The van der Waals surface area contributed by atoms with Crippen molar-refractivity contribution < 1.29 is 9.18 Å². The fourth-order valence-electron chi connectivity index (χ4n) is 3.44. The molecule has 0 spiro atoms. The first-order chi connectivity index (χ1) is 13.4. The Morgan fingerprint density at radius 1 is 1.21 bits per heavy atom. The van der Waals surface area contributed by atoms with Gasteiger partial charge in [-0.05, 0) is 32.9 Å². The Bertz CT molecular complexity index is 796. The van der Waals surface area contributed by atoms with E-state index in [4.69, 9.17) is 11.6 Å². The zero-order valence-corrected chi connectivity index (χ0v) is 17.3. The zero-order valence-electron chi connectivity index (χ0n) is 16.5. The Morgan fingerprint density at radius 3 is 2.57 bits per heavy atom. The fraction of sp³-hybridized carbons (Fsp3) is 0.500. The summed E-state index contributed by atoms with van der Waals surface area (Å²) < 4.78 is 15.8. The maximum Gasteiger partial charge on any atom is 0.242 e. The maximum atomic E-state index is 14.0. The second-order valence-electron chi connectivity index (χ2n) is 7.43. The first kappa shape index (κ1) is 20.8. The second kappa shape index (κ2) is 9.03. The summed E-state index contributed by atoms with van der Waals surface area (Å²) in [5, 5.41) is 7.67. The van der Waals surface area contributed by atoms with Crippen LogP contribution >= 0.6 is 11.6 Å². The first-order valence-corrected chi connectivity index (χ1v) is 9.98. The monoisotopic (exact) mass is 407 g/mol. The van der Waals surface area contributed by atoms with E-state index in [1.54, 1.807) is 29.1 Å². The molecule has 1 fully saturated rings. The summed E-state index contributed by atoms with van der Waals surface area (Å²) in [6, 6.07) is 6.49. The zero-order chi connectivity index (χ0) is 20.3. The lowest BCUT2D eigenvalue weighted by atomic mass is 10.1.